The third-order valence-electron chi connectivity index (χ3n) is 2.55. The molecule has 0 spiro atoms. The fourth-order valence-corrected chi connectivity index (χ4v) is 2.60. The molecule has 0 aliphatic rings. The van der Waals surface area contributed by atoms with Crippen LogP contribution in [0, 0.1) is 0 Å². The van der Waals surface area contributed by atoms with Gasteiger partial charge in [-0.05, 0) is 25.1 Å². The molecule has 1 N–H and O–H groups in total. The largest absolute Gasteiger partial charge is 0.494 e. The zero-order chi connectivity index (χ0) is 13.9. The van der Waals surface area contributed by atoms with E-state index in [2.05, 4.69) is 15.5 Å². The maximum Gasteiger partial charge on any atom is 0.296 e. The zero-order valence-electron chi connectivity index (χ0n) is 10.6. The van der Waals surface area contributed by atoms with Crippen LogP contribution in [0.5, 0.6) is 5.75 Å². The summed E-state index contributed by atoms with van der Waals surface area (Å²) in [6, 6.07) is 7.12. The summed E-state index contributed by atoms with van der Waals surface area (Å²) in [5.74, 6) is 0.572. The number of nitrogens with one attached hydrogen (secondary N) is 1. The van der Waals surface area contributed by atoms with Gasteiger partial charge >= 0.3 is 0 Å². The van der Waals surface area contributed by atoms with Crippen LogP contribution in [0.1, 0.15) is 17.5 Å². The summed E-state index contributed by atoms with van der Waals surface area (Å²) in [5.41, 5.74) is 0.811. The number of benzene rings is 1. The SMILES string of the molecule is CCOc1ccc2nc(NC(=O)c3ccno3)sc2c1. The Balaban J connectivity index is 1.84. The molecule has 6 nitrogen and oxygen atoms in total. The zero-order valence-corrected chi connectivity index (χ0v) is 11.4. The van der Waals surface area contributed by atoms with Crippen LogP contribution in [0.25, 0.3) is 10.2 Å². The number of aromatic nitrogens is 2. The van der Waals surface area contributed by atoms with Gasteiger partial charge in [-0.25, -0.2) is 4.98 Å². The minimum absolute atomic E-state index is 0.152. The molecule has 3 rings (SSSR count). The van der Waals surface area contributed by atoms with Crippen molar-refractivity contribution in [1.82, 2.24) is 10.1 Å². The molecule has 3 aromatic rings. The van der Waals surface area contributed by atoms with Gasteiger partial charge in [-0.15, -0.1) is 0 Å². The number of ether oxygens (including phenoxy) is 1. The number of hydrogen-bond donors (Lipinski definition) is 1. The van der Waals surface area contributed by atoms with Crippen LogP contribution in [0.15, 0.2) is 35.0 Å². The van der Waals surface area contributed by atoms with Crippen LogP contribution in [0.3, 0.4) is 0 Å². The molecular weight excluding hydrogens is 278 g/mol. The van der Waals surface area contributed by atoms with E-state index in [9.17, 15) is 4.79 Å². The second kappa shape index (κ2) is 5.30. The second-order valence-electron chi connectivity index (χ2n) is 3.91. The first-order valence-corrected chi connectivity index (χ1v) is 6.83. The first kappa shape index (κ1) is 12.6. The number of amides is 1. The van der Waals surface area contributed by atoms with E-state index >= 15 is 0 Å². The Bertz CT molecular complexity index is 736. The summed E-state index contributed by atoms with van der Waals surface area (Å²) in [4.78, 5) is 16.2. The maximum absolute atomic E-state index is 11.8. The molecule has 7 heteroatoms. The molecule has 0 aliphatic heterocycles. The third-order valence-corrected chi connectivity index (χ3v) is 3.49. The molecule has 0 saturated heterocycles. The highest BCUT2D eigenvalue weighted by Gasteiger charge is 2.13. The average Bonchev–Trinajstić information content (AvgIpc) is 3.06. The Hall–Kier alpha value is -2.41. The fraction of sp³-hybridized carbons (Fsp3) is 0.154. The molecule has 102 valence electrons. The van der Waals surface area contributed by atoms with Crippen molar-refractivity contribution in [1.29, 1.82) is 0 Å². The molecule has 0 fully saturated rings. The lowest BCUT2D eigenvalue weighted by atomic mass is 10.3. The Morgan fingerprint density at radius 2 is 2.35 bits per heavy atom. The van der Waals surface area contributed by atoms with Gasteiger partial charge in [0.05, 0.1) is 23.0 Å². The summed E-state index contributed by atoms with van der Waals surface area (Å²) in [6.07, 6.45) is 1.42. The average molecular weight is 289 g/mol. The minimum Gasteiger partial charge on any atom is -0.494 e. The van der Waals surface area contributed by atoms with E-state index in [1.54, 1.807) is 0 Å². The Kier molecular flexibility index (Phi) is 3.34. The first-order chi connectivity index (χ1) is 9.76. The fourth-order valence-electron chi connectivity index (χ4n) is 1.71. The van der Waals surface area contributed by atoms with Crippen molar-refractivity contribution in [3.8, 4) is 5.75 Å². The predicted octanol–water partition coefficient (Wildman–Crippen LogP) is 2.94. The molecule has 2 aromatic heterocycles. The Morgan fingerprint density at radius 1 is 1.45 bits per heavy atom. The summed E-state index contributed by atoms with van der Waals surface area (Å²) in [5, 5.41) is 6.68. The number of anilines is 1. The Morgan fingerprint density at radius 3 is 3.10 bits per heavy atom. The lowest BCUT2D eigenvalue weighted by molar-refractivity contribution is 0.0988. The van der Waals surface area contributed by atoms with Gasteiger partial charge in [0, 0.05) is 6.07 Å². The number of fused-ring (bicyclic) bond motifs is 1. The van der Waals surface area contributed by atoms with Gasteiger partial charge in [-0.1, -0.05) is 16.5 Å². The van der Waals surface area contributed by atoms with Crippen molar-refractivity contribution in [2.75, 3.05) is 11.9 Å². The van der Waals surface area contributed by atoms with Crippen molar-refractivity contribution in [3.05, 3.63) is 36.2 Å². The maximum atomic E-state index is 11.8. The highest BCUT2D eigenvalue weighted by Crippen LogP contribution is 2.29. The molecular formula is C13H11N3O3S. The van der Waals surface area contributed by atoms with E-state index in [-0.39, 0.29) is 11.7 Å². The lowest BCUT2D eigenvalue weighted by Gasteiger charge is -2.00. The third kappa shape index (κ3) is 2.48. The molecule has 0 aliphatic carbocycles. The molecule has 0 bridgehead atoms. The Labute approximate surface area is 118 Å². The van der Waals surface area contributed by atoms with E-state index in [0.717, 1.165) is 16.0 Å². The molecule has 1 amide bonds. The smallest absolute Gasteiger partial charge is 0.296 e. The number of carbonyl (C=O) groups is 1. The monoisotopic (exact) mass is 289 g/mol. The summed E-state index contributed by atoms with van der Waals surface area (Å²) < 4.78 is 11.2. The highest BCUT2D eigenvalue weighted by molar-refractivity contribution is 7.22. The molecule has 0 unspecified atom stereocenters. The molecule has 20 heavy (non-hydrogen) atoms. The van der Waals surface area contributed by atoms with E-state index < -0.39 is 0 Å². The van der Waals surface area contributed by atoms with Crippen LogP contribution in [0.4, 0.5) is 5.13 Å². The highest BCUT2D eigenvalue weighted by atomic mass is 32.1. The van der Waals surface area contributed by atoms with Gasteiger partial charge in [0.2, 0.25) is 5.76 Å². The molecule has 2 heterocycles. The first-order valence-electron chi connectivity index (χ1n) is 6.01. The number of carbonyl (C=O) groups excluding carboxylic acids is 1. The molecule has 0 atom stereocenters. The van der Waals surface area contributed by atoms with Crippen molar-refractivity contribution < 1.29 is 14.1 Å². The number of hydrogen-bond acceptors (Lipinski definition) is 6. The summed E-state index contributed by atoms with van der Waals surface area (Å²) in [7, 11) is 0. The van der Waals surface area contributed by atoms with E-state index in [0.29, 0.717) is 11.7 Å². The van der Waals surface area contributed by atoms with Crippen molar-refractivity contribution in [2.24, 2.45) is 0 Å². The number of thiazole rings is 1. The number of nitrogens with zero attached hydrogens (tertiary/aromatic N) is 2. The van der Waals surface area contributed by atoms with Crippen molar-refractivity contribution >= 4 is 32.6 Å². The topological polar surface area (TPSA) is 77.2 Å². The van der Waals surface area contributed by atoms with Gasteiger partial charge in [0.1, 0.15) is 5.75 Å². The van der Waals surface area contributed by atoms with Crippen molar-refractivity contribution in [2.45, 2.75) is 6.92 Å². The second-order valence-corrected chi connectivity index (χ2v) is 4.94. The van der Waals surface area contributed by atoms with Crippen LogP contribution in [0.2, 0.25) is 0 Å². The standard InChI is InChI=1S/C13H11N3O3S/c1-2-18-8-3-4-9-11(7-8)20-13(15-9)16-12(17)10-5-6-14-19-10/h3-7H,2H2,1H3,(H,15,16,17). The van der Waals surface area contributed by atoms with Crippen molar-refractivity contribution in [3.63, 3.8) is 0 Å². The van der Waals surface area contributed by atoms with E-state index in [1.807, 2.05) is 25.1 Å². The normalized spacial score (nSPS) is 10.7. The summed E-state index contributed by atoms with van der Waals surface area (Å²) in [6.45, 7) is 2.54. The van der Waals surface area contributed by atoms with Crippen LogP contribution in [-0.2, 0) is 0 Å². The molecule has 1 aromatic carbocycles. The van der Waals surface area contributed by atoms with Gasteiger partial charge in [0.25, 0.3) is 5.91 Å². The lowest BCUT2D eigenvalue weighted by Crippen LogP contribution is -2.10. The van der Waals surface area contributed by atoms with Gasteiger partial charge in [-0.3, -0.25) is 10.1 Å². The van der Waals surface area contributed by atoms with Crippen LogP contribution in [-0.4, -0.2) is 22.7 Å². The van der Waals surface area contributed by atoms with E-state index in [4.69, 9.17) is 9.26 Å². The van der Waals surface area contributed by atoms with Gasteiger partial charge in [0.15, 0.2) is 5.13 Å². The van der Waals surface area contributed by atoms with Gasteiger partial charge < -0.3 is 9.26 Å². The minimum atomic E-state index is -0.369. The molecule has 0 saturated carbocycles. The quantitative estimate of drug-likeness (QED) is 0.799. The van der Waals surface area contributed by atoms with Crippen LogP contribution < -0.4 is 10.1 Å². The number of rotatable bonds is 4. The van der Waals surface area contributed by atoms with E-state index in [1.165, 1.54) is 23.6 Å². The van der Waals surface area contributed by atoms with Crippen LogP contribution >= 0.6 is 11.3 Å². The summed E-state index contributed by atoms with van der Waals surface area (Å²) >= 11 is 1.38. The van der Waals surface area contributed by atoms with Gasteiger partial charge in [-0.2, -0.15) is 0 Å². The molecule has 0 radical (unpaired) electrons. The predicted molar refractivity (Wildman–Crippen MR) is 75.2 cm³/mol.